The summed E-state index contributed by atoms with van der Waals surface area (Å²) in [4.78, 5) is 22.5. The molecule has 0 aliphatic heterocycles. The van der Waals surface area contributed by atoms with E-state index in [0.717, 1.165) is 43.4 Å². The third-order valence-corrected chi connectivity index (χ3v) is 9.97. The summed E-state index contributed by atoms with van der Waals surface area (Å²) in [5.74, 6) is 2.64. The number of esters is 1. The largest absolute Gasteiger partial charge is 0.481 e. The zero-order chi connectivity index (χ0) is 21.7. The van der Waals surface area contributed by atoms with E-state index in [9.17, 15) is 9.59 Å². The second kappa shape index (κ2) is 7.98. The second-order valence-corrected chi connectivity index (χ2v) is 11.4. The number of rotatable bonds is 5. The lowest BCUT2D eigenvalue weighted by Gasteiger charge is -2.58. The van der Waals surface area contributed by atoms with Crippen LogP contribution in [0.1, 0.15) is 91.9 Å². The van der Waals surface area contributed by atoms with E-state index in [0.29, 0.717) is 23.7 Å². The third kappa shape index (κ3) is 3.62. The number of aliphatic carboxylic acids is 1. The van der Waals surface area contributed by atoms with E-state index in [2.05, 4.69) is 26.8 Å². The van der Waals surface area contributed by atoms with Crippen LogP contribution in [0.15, 0.2) is 11.6 Å². The first-order chi connectivity index (χ1) is 14.1. The van der Waals surface area contributed by atoms with Crippen molar-refractivity contribution in [2.75, 3.05) is 0 Å². The maximum absolute atomic E-state index is 11.4. The molecular formula is C26H40O4. The van der Waals surface area contributed by atoms with Crippen molar-refractivity contribution in [3.63, 3.8) is 0 Å². The molecular weight excluding hydrogens is 376 g/mol. The Bertz CT molecular complexity index is 727. The molecule has 0 radical (unpaired) electrons. The molecule has 0 spiro atoms. The summed E-state index contributed by atoms with van der Waals surface area (Å²) in [6, 6.07) is 0. The Morgan fingerprint density at radius 1 is 1.17 bits per heavy atom. The van der Waals surface area contributed by atoms with Gasteiger partial charge >= 0.3 is 11.9 Å². The third-order valence-electron chi connectivity index (χ3n) is 9.97. The summed E-state index contributed by atoms with van der Waals surface area (Å²) in [5, 5.41) is 9.13. The molecule has 30 heavy (non-hydrogen) atoms. The Morgan fingerprint density at radius 2 is 1.93 bits per heavy atom. The van der Waals surface area contributed by atoms with Crippen molar-refractivity contribution in [2.45, 2.75) is 98.0 Å². The number of fused-ring (bicyclic) bond motifs is 5. The van der Waals surface area contributed by atoms with Crippen molar-refractivity contribution in [1.29, 1.82) is 0 Å². The summed E-state index contributed by atoms with van der Waals surface area (Å²) in [6.07, 6.45) is 13.1. The van der Waals surface area contributed by atoms with E-state index in [-0.39, 0.29) is 17.5 Å². The van der Waals surface area contributed by atoms with Crippen molar-refractivity contribution in [3.05, 3.63) is 11.6 Å². The van der Waals surface area contributed by atoms with Crippen LogP contribution in [0.25, 0.3) is 0 Å². The number of carbonyl (C=O) groups is 2. The standard InChI is InChI=1S/C26H40O4/c1-16(5-10-24(28)29)21-8-9-22-20-7-6-18-15-19(30-17(2)27)11-13-25(18,3)23(20)12-14-26(21,22)4/h6,16,19-23H,5,7-15H2,1-4H3,(H,28,29)/t16-,19+,20+,21-,22+,23+,25+,26-/m1/s1. The quantitative estimate of drug-likeness (QED) is 0.441. The van der Waals surface area contributed by atoms with Crippen molar-refractivity contribution >= 4 is 11.9 Å². The molecule has 1 N–H and O–H groups in total. The van der Waals surface area contributed by atoms with Crippen molar-refractivity contribution in [3.8, 4) is 0 Å². The van der Waals surface area contributed by atoms with E-state index in [4.69, 9.17) is 9.84 Å². The highest BCUT2D eigenvalue weighted by molar-refractivity contribution is 5.66. The summed E-state index contributed by atoms with van der Waals surface area (Å²) in [7, 11) is 0. The van der Waals surface area contributed by atoms with Gasteiger partial charge in [-0.1, -0.05) is 32.4 Å². The second-order valence-electron chi connectivity index (χ2n) is 11.4. The van der Waals surface area contributed by atoms with Crippen LogP contribution in [0.3, 0.4) is 0 Å². The molecule has 8 atom stereocenters. The molecule has 0 bridgehead atoms. The van der Waals surface area contributed by atoms with Gasteiger partial charge in [-0.25, -0.2) is 0 Å². The molecule has 0 aromatic carbocycles. The topological polar surface area (TPSA) is 63.6 Å². The van der Waals surface area contributed by atoms with Crippen LogP contribution in [0, 0.1) is 40.4 Å². The molecule has 4 aliphatic carbocycles. The zero-order valence-electron chi connectivity index (χ0n) is 19.3. The van der Waals surface area contributed by atoms with E-state index >= 15 is 0 Å². The summed E-state index contributed by atoms with van der Waals surface area (Å²) in [5.41, 5.74) is 2.19. The minimum absolute atomic E-state index is 0.0678. The molecule has 0 unspecified atom stereocenters. The van der Waals surface area contributed by atoms with Gasteiger partial charge in [0.1, 0.15) is 6.10 Å². The molecule has 168 valence electrons. The fraction of sp³-hybridized carbons (Fsp3) is 0.846. The number of hydrogen-bond donors (Lipinski definition) is 1. The molecule has 0 heterocycles. The molecule has 4 rings (SSSR count). The molecule has 4 nitrogen and oxygen atoms in total. The van der Waals surface area contributed by atoms with Gasteiger partial charge in [0.05, 0.1) is 0 Å². The first kappa shape index (κ1) is 21.9. The van der Waals surface area contributed by atoms with Crippen LogP contribution in [0.2, 0.25) is 0 Å². The molecule has 0 saturated heterocycles. The lowest BCUT2D eigenvalue weighted by atomic mass is 9.47. The highest BCUT2D eigenvalue weighted by atomic mass is 16.5. The first-order valence-electron chi connectivity index (χ1n) is 12.2. The van der Waals surface area contributed by atoms with Crippen molar-refractivity contribution in [1.82, 2.24) is 0 Å². The van der Waals surface area contributed by atoms with Gasteiger partial charge < -0.3 is 9.84 Å². The maximum atomic E-state index is 11.4. The van der Waals surface area contributed by atoms with Gasteiger partial charge in [-0.3, -0.25) is 9.59 Å². The number of allylic oxidation sites excluding steroid dienone is 1. The molecule has 3 saturated carbocycles. The molecule has 4 aliphatic rings. The minimum Gasteiger partial charge on any atom is -0.481 e. The van der Waals surface area contributed by atoms with Gasteiger partial charge in [-0.2, -0.15) is 0 Å². The number of carbonyl (C=O) groups excluding carboxylic acids is 1. The van der Waals surface area contributed by atoms with Gasteiger partial charge in [0.2, 0.25) is 0 Å². The highest BCUT2D eigenvalue weighted by Gasteiger charge is 2.59. The van der Waals surface area contributed by atoms with E-state index < -0.39 is 5.97 Å². The van der Waals surface area contributed by atoms with E-state index in [1.807, 2.05) is 0 Å². The van der Waals surface area contributed by atoms with Crippen LogP contribution in [-0.2, 0) is 14.3 Å². The van der Waals surface area contributed by atoms with Crippen LogP contribution in [-0.4, -0.2) is 23.1 Å². The normalized spacial score (nSPS) is 43.6. The number of hydrogen-bond acceptors (Lipinski definition) is 3. The SMILES string of the molecule is CC(=O)O[C@H]1CC[C@@]2(C)C(=CC[C@H]3[C@@H]4CC[C@H]([C@H](C)CCC(=O)O)[C@@]4(C)CC[C@@H]32)C1. The van der Waals surface area contributed by atoms with Crippen LogP contribution in [0.4, 0.5) is 0 Å². The van der Waals surface area contributed by atoms with Crippen LogP contribution >= 0.6 is 0 Å². The Hall–Kier alpha value is -1.32. The maximum Gasteiger partial charge on any atom is 0.303 e. The first-order valence-corrected chi connectivity index (χ1v) is 12.2. The van der Waals surface area contributed by atoms with Gasteiger partial charge in [0, 0.05) is 19.8 Å². The van der Waals surface area contributed by atoms with E-state index in [1.165, 1.54) is 39.0 Å². The van der Waals surface area contributed by atoms with E-state index in [1.54, 1.807) is 5.57 Å². The van der Waals surface area contributed by atoms with Crippen molar-refractivity contribution < 1.29 is 19.4 Å². The Balaban J connectivity index is 1.51. The minimum atomic E-state index is -0.660. The fourth-order valence-electron chi connectivity index (χ4n) is 8.49. The van der Waals surface area contributed by atoms with Gasteiger partial charge in [-0.05, 0) is 91.8 Å². The highest BCUT2D eigenvalue weighted by Crippen LogP contribution is 2.67. The molecule has 3 fully saturated rings. The van der Waals surface area contributed by atoms with Gasteiger partial charge in [0.15, 0.2) is 0 Å². The Labute approximate surface area is 181 Å². The summed E-state index contributed by atoms with van der Waals surface area (Å²) >= 11 is 0. The van der Waals surface area contributed by atoms with Gasteiger partial charge in [-0.15, -0.1) is 0 Å². The Kier molecular flexibility index (Phi) is 5.83. The lowest BCUT2D eigenvalue weighted by Crippen LogP contribution is -2.51. The predicted octanol–water partition coefficient (Wildman–Crippen LogP) is 6.00. The average Bonchev–Trinajstić information content (AvgIpc) is 3.03. The molecule has 0 aromatic rings. The fourth-order valence-corrected chi connectivity index (χ4v) is 8.49. The zero-order valence-corrected chi connectivity index (χ0v) is 19.3. The van der Waals surface area contributed by atoms with Gasteiger partial charge in [0.25, 0.3) is 0 Å². The molecule has 0 amide bonds. The Morgan fingerprint density at radius 3 is 2.63 bits per heavy atom. The van der Waals surface area contributed by atoms with Crippen molar-refractivity contribution in [2.24, 2.45) is 40.4 Å². The summed E-state index contributed by atoms with van der Waals surface area (Å²) in [6.45, 7) is 8.84. The summed E-state index contributed by atoms with van der Waals surface area (Å²) < 4.78 is 5.57. The number of carboxylic acid groups (broad SMARTS) is 1. The van der Waals surface area contributed by atoms with Crippen LogP contribution in [0.5, 0.6) is 0 Å². The average molecular weight is 417 g/mol. The number of carboxylic acids is 1. The predicted molar refractivity (Wildman–Crippen MR) is 117 cm³/mol. The molecule has 0 aromatic heterocycles. The monoisotopic (exact) mass is 416 g/mol. The lowest BCUT2D eigenvalue weighted by molar-refractivity contribution is -0.148. The molecule has 4 heteroatoms. The number of ether oxygens (including phenoxy) is 1. The van der Waals surface area contributed by atoms with Crippen LogP contribution < -0.4 is 0 Å². The smallest absolute Gasteiger partial charge is 0.303 e.